The fourth-order valence-corrected chi connectivity index (χ4v) is 1.49. The van der Waals surface area contributed by atoms with Gasteiger partial charge in [0, 0.05) is 17.3 Å². The maximum absolute atomic E-state index is 11.8. The maximum atomic E-state index is 11.8. The van der Waals surface area contributed by atoms with E-state index in [1.54, 1.807) is 6.07 Å². The van der Waals surface area contributed by atoms with Crippen molar-refractivity contribution in [2.75, 3.05) is 11.9 Å². The number of carbonyl (C=O) groups is 1. The first-order valence-electron chi connectivity index (χ1n) is 5.63. The van der Waals surface area contributed by atoms with E-state index in [0.717, 1.165) is 5.56 Å². The zero-order valence-electron chi connectivity index (χ0n) is 10.3. The van der Waals surface area contributed by atoms with Gasteiger partial charge in [-0.3, -0.25) is 4.79 Å². The number of hydrogen-bond donors (Lipinski definition) is 2. The van der Waals surface area contributed by atoms with Crippen molar-refractivity contribution < 1.29 is 14.4 Å². The van der Waals surface area contributed by atoms with Crippen LogP contribution >= 0.6 is 0 Å². The number of anilines is 1. The van der Waals surface area contributed by atoms with E-state index in [0.29, 0.717) is 11.3 Å². The second kappa shape index (κ2) is 5.85. The van der Waals surface area contributed by atoms with Gasteiger partial charge in [-0.25, -0.2) is 0 Å². The molecule has 5 nitrogen and oxygen atoms in total. The molecule has 0 saturated heterocycles. The van der Waals surface area contributed by atoms with Gasteiger partial charge in [-0.1, -0.05) is 23.1 Å². The Morgan fingerprint density at radius 1 is 1.47 bits per heavy atom. The van der Waals surface area contributed by atoms with Crippen molar-refractivity contribution in [1.29, 1.82) is 0 Å². The summed E-state index contributed by atoms with van der Waals surface area (Å²) in [7, 11) is 0. The normalized spacial score (nSPS) is 9.58. The predicted molar refractivity (Wildman–Crippen MR) is 69.6 cm³/mol. The molecule has 0 atom stereocenters. The number of rotatable bonds is 2. The molecule has 19 heavy (non-hydrogen) atoms. The second-order valence-corrected chi connectivity index (χ2v) is 3.82. The summed E-state index contributed by atoms with van der Waals surface area (Å²) in [6, 6.07) is 6.89. The first kappa shape index (κ1) is 12.9. The van der Waals surface area contributed by atoms with Gasteiger partial charge in [0.05, 0.1) is 6.20 Å². The van der Waals surface area contributed by atoms with E-state index in [4.69, 9.17) is 9.63 Å². The molecular weight excluding hydrogens is 244 g/mol. The topological polar surface area (TPSA) is 75.4 Å². The van der Waals surface area contributed by atoms with Crippen molar-refractivity contribution in [1.82, 2.24) is 5.16 Å². The van der Waals surface area contributed by atoms with Crippen LogP contribution in [0.1, 0.15) is 21.7 Å². The number of aliphatic hydroxyl groups is 1. The van der Waals surface area contributed by atoms with Crippen LogP contribution in [0.4, 0.5) is 5.69 Å². The Balaban J connectivity index is 2.22. The van der Waals surface area contributed by atoms with Crippen molar-refractivity contribution >= 4 is 11.6 Å². The maximum Gasteiger partial charge on any atom is 0.294 e. The number of nitrogens with zero attached hydrogens (tertiary/aromatic N) is 1. The van der Waals surface area contributed by atoms with Crippen LogP contribution in [0, 0.1) is 18.8 Å². The molecule has 0 aliphatic rings. The van der Waals surface area contributed by atoms with Crippen LogP contribution in [0.5, 0.6) is 0 Å². The number of amides is 1. The average molecular weight is 256 g/mol. The van der Waals surface area contributed by atoms with E-state index < -0.39 is 0 Å². The molecule has 0 unspecified atom stereocenters. The smallest absolute Gasteiger partial charge is 0.294 e. The summed E-state index contributed by atoms with van der Waals surface area (Å²) in [6.07, 6.45) is 1.41. The highest BCUT2D eigenvalue weighted by atomic mass is 16.5. The summed E-state index contributed by atoms with van der Waals surface area (Å²) < 4.78 is 4.78. The monoisotopic (exact) mass is 256 g/mol. The summed E-state index contributed by atoms with van der Waals surface area (Å²) in [4.78, 5) is 11.8. The fourth-order valence-electron chi connectivity index (χ4n) is 1.49. The van der Waals surface area contributed by atoms with Gasteiger partial charge in [-0.2, -0.15) is 0 Å². The largest absolute Gasteiger partial charge is 0.384 e. The number of aryl methyl sites for hydroxylation is 1. The first-order chi connectivity index (χ1) is 9.20. The summed E-state index contributed by atoms with van der Waals surface area (Å²) >= 11 is 0. The van der Waals surface area contributed by atoms with Gasteiger partial charge in [-0.05, 0) is 24.6 Å². The van der Waals surface area contributed by atoms with Crippen LogP contribution in [0.3, 0.4) is 0 Å². The third kappa shape index (κ3) is 3.21. The molecule has 0 fully saturated rings. The summed E-state index contributed by atoms with van der Waals surface area (Å²) in [5, 5.41) is 14.9. The molecule has 2 aromatic rings. The zero-order chi connectivity index (χ0) is 13.7. The lowest BCUT2D eigenvalue weighted by Crippen LogP contribution is -2.12. The molecule has 1 aromatic heterocycles. The van der Waals surface area contributed by atoms with Crippen molar-refractivity contribution in [2.45, 2.75) is 6.92 Å². The van der Waals surface area contributed by atoms with Crippen LogP contribution in [0.25, 0.3) is 0 Å². The van der Waals surface area contributed by atoms with Crippen molar-refractivity contribution in [3.05, 3.63) is 47.3 Å². The average Bonchev–Trinajstić information content (AvgIpc) is 2.93. The molecule has 5 heteroatoms. The fraction of sp³-hybridized carbons (Fsp3) is 0.143. The minimum atomic E-state index is -0.368. The van der Waals surface area contributed by atoms with Crippen LogP contribution in [0.15, 0.2) is 35.0 Å². The summed E-state index contributed by atoms with van der Waals surface area (Å²) in [5.41, 5.74) is 2.26. The van der Waals surface area contributed by atoms with Gasteiger partial charge in [0.15, 0.2) is 0 Å². The molecule has 0 bridgehead atoms. The van der Waals surface area contributed by atoms with Gasteiger partial charge in [0.2, 0.25) is 5.76 Å². The molecule has 0 spiro atoms. The van der Waals surface area contributed by atoms with E-state index >= 15 is 0 Å². The minimum Gasteiger partial charge on any atom is -0.384 e. The Morgan fingerprint density at radius 3 is 3.00 bits per heavy atom. The van der Waals surface area contributed by atoms with E-state index in [1.165, 1.54) is 12.3 Å². The number of aromatic nitrogens is 1. The predicted octanol–water partition coefficient (Wildman–Crippen LogP) is 1.58. The number of carbonyl (C=O) groups excluding carboxylic acids is 1. The molecule has 1 heterocycles. The Morgan fingerprint density at radius 2 is 2.32 bits per heavy atom. The molecule has 1 amide bonds. The molecule has 96 valence electrons. The lowest BCUT2D eigenvalue weighted by atomic mass is 10.1. The highest BCUT2D eigenvalue weighted by Crippen LogP contribution is 2.17. The van der Waals surface area contributed by atoms with Crippen molar-refractivity contribution in [3.63, 3.8) is 0 Å². The molecule has 2 N–H and O–H groups in total. The van der Waals surface area contributed by atoms with Crippen molar-refractivity contribution in [2.24, 2.45) is 0 Å². The molecule has 0 aliphatic carbocycles. The third-order valence-corrected chi connectivity index (χ3v) is 2.46. The van der Waals surface area contributed by atoms with Crippen LogP contribution in [0.2, 0.25) is 0 Å². The standard InChI is InChI=1S/C14H12N2O3/c1-10-4-5-11(3-2-8-17)9-12(10)16-14(18)13-6-7-15-19-13/h4-7,9,17H,8H2,1H3,(H,16,18). The lowest BCUT2D eigenvalue weighted by molar-refractivity contribution is 0.0988. The van der Waals surface area contributed by atoms with Gasteiger partial charge in [0.25, 0.3) is 5.91 Å². The molecule has 1 aromatic carbocycles. The van der Waals surface area contributed by atoms with Gasteiger partial charge in [0.1, 0.15) is 6.61 Å². The van der Waals surface area contributed by atoms with Crippen molar-refractivity contribution in [3.8, 4) is 11.8 Å². The van der Waals surface area contributed by atoms with Crippen LogP contribution in [-0.4, -0.2) is 22.8 Å². The number of nitrogens with one attached hydrogen (secondary N) is 1. The van der Waals surface area contributed by atoms with E-state index in [1.807, 2.05) is 19.1 Å². The number of hydrogen-bond acceptors (Lipinski definition) is 4. The molecule has 0 saturated carbocycles. The lowest BCUT2D eigenvalue weighted by Gasteiger charge is -2.07. The van der Waals surface area contributed by atoms with Crippen LogP contribution in [-0.2, 0) is 0 Å². The molecule has 0 radical (unpaired) electrons. The van der Waals surface area contributed by atoms with Gasteiger partial charge in [-0.15, -0.1) is 0 Å². The number of aliphatic hydroxyl groups excluding tert-OH is 1. The molecular formula is C14H12N2O3. The SMILES string of the molecule is Cc1ccc(C#CCO)cc1NC(=O)c1ccno1. The highest BCUT2D eigenvalue weighted by Gasteiger charge is 2.11. The Hall–Kier alpha value is -2.58. The van der Waals surface area contributed by atoms with E-state index in [-0.39, 0.29) is 18.3 Å². The van der Waals surface area contributed by atoms with E-state index in [2.05, 4.69) is 22.3 Å². The van der Waals surface area contributed by atoms with Crippen LogP contribution < -0.4 is 5.32 Å². The number of benzene rings is 1. The highest BCUT2D eigenvalue weighted by molar-refractivity contribution is 6.02. The summed E-state index contributed by atoms with van der Waals surface area (Å²) in [6.45, 7) is 1.67. The van der Waals surface area contributed by atoms with Gasteiger partial charge >= 0.3 is 0 Å². The molecule has 2 rings (SSSR count). The second-order valence-electron chi connectivity index (χ2n) is 3.82. The van der Waals surface area contributed by atoms with E-state index in [9.17, 15) is 4.79 Å². The molecule has 0 aliphatic heterocycles. The van der Waals surface area contributed by atoms with Gasteiger partial charge < -0.3 is 14.9 Å². The Kier molecular flexibility index (Phi) is 3.96. The zero-order valence-corrected chi connectivity index (χ0v) is 10.3. The first-order valence-corrected chi connectivity index (χ1v) is 5.63. The quantitative estimate of drug-likeness (QED) is 0.800. The minimum absolute atomic E-state index is 0.145. The third-order valence-electron chi connectivity index (χ3n) is 2.46. The Labute approximate surface area is 110 Å². The summed E-state index contributed by atoms with van der Waals surface area (Å²) in [5.74, 6) is 5.12. The Bertz CT molecular complexity index is 636.